The van der Waals surface area contributed by atoms with Gasteiger partial charge in [-0.25, -0.2) is 0 Å². The van der Waals surface area contributed by atoms with Crippen LogP contribution in [0.3, 0.4) is 0 Å². The van der Waals surface area contributed by atoms with Crippen LogP contribution in [0.4, 0.5) is 0 Å². The number of allylic oxidation sites excluding steroid dienone is 4. The number of hydrogen-bond acceptors (Lipinski definition) is 13. The van der Waals surface area contributed by atoms with Gasteiger partial charge in [0.2, 0.25) is 0 Å². The monoisotopic (exact) mass is 808 g/mol. The van der Waals surface area contributed by atoms with Gasteiger partial charge in [-0.05, 0) is 117 Å². The van der Waals surface area contributed by atoms with Crippen LogP contribution in [0.15, 0.2) is 23.3 Å². The third-order valence-corrected chi connectivity index (χ3v) is 16.4. The topological polar surface area (TPSA) is 205 Å². The van der Waals surface area contributed by atoms with Crippen molar-refractivity contribution in [2.45, 2.75) is 187 Å². The fourth-order valence-corrected chi connectivity index (χ4v) is 13.1. The summed E-state index contributed by atoms with van der Waals surface area (Å²) in [6, 6.07) is 0. The van der Waals surface area contributed by atoms with E-state index in [1.165, 1.54) is 18.1 Å². The van der Waals surface area contributed by atoms with Gasteiger partial charge in [-0.15, -0.1) is 0 Å². The average Bonchev–Trinajstić information content (AvgIpc) is 3.52. The third kappa shape index (κ3) is 7.83. The minimum Gasteiger partial charge on any atom is -0.463 e. The van der Waals surface area contributed by atoms with Crippen molar-refractivity contribution in [3.8, 4) is 0 Å². The molecular formula is C44H72O13. The van der Waals surface area contributed by atoms with Gasteiger partial charge in [0, 0.05) is 6.92 Å². The number of aliphatic hydroxyl groups is 7. The molecule has 0 radical (unpaired) electrons. The van der Waals surface area contributed by atoms with Crippen molar-refractivity contribution >= 4 is 5.97 Å². The maximum Gasteiger partial charge on any atom is 0.302 e. The van der Waals surface area contributed by atoms with Crippen molar-refractivity contribution in [3.05, 3.63) is 23.3 Å². The Kier molecular flexibility index (Phi) is 13.2. The highest BCUT2D eigenvalue weighted by Gasteiger charge is 2.70. The Labute approximate surface area is 338 Å². The molecule has 2 heterocycles. The van der Waals surface area contributed by atoms with Gasteiger partial charge >= 0.3 is 5.97 Å². The molecule has 7 N–H and O–H groups in total. The molecule has 326 valence electrons. The number of fused-ring (bicyclic) bond motifs is 5. The average molecular weight is 809 g/mol. The van der Waals surface area contributed by atoms with Gasteiger partial charge < -0.3 is 59.4 Å². The molecule has 4 saturated carbocycles. The van der Waals surface area contributed by atoms with Gasteiger partial charge in [0.1, 0.15) is 55.4 Å². The summed E-state index contributed by atoms with van der Waals surface area (Å²) in [5.74, 6) is 0.447. The molecule has 6 aliphatic rings. The summed E-state index contributed by atoms with van der Waals surface area (Å²) in [7, 11) is 0. The van der Waals surface area contributed by atoms with Crippen LogP contribution in [0.5, 0.6) is 0 Å². The van der Waals surface area contributed by atoms with Crippen LogP contribution in [0.25, 0.3) is 0 Å². The van der Waals surface area contributed by atoms with E-state index in [-0.39, 0.29) is 28.1 Å². The van der Waals surface area contributed by atoms with Gasteiger partial charge in [-0.2, -0.15) is 0 Å². The highest BCUT2D eigenvalue weighted by Crippen LogP contribution is 2.75. The lowest BCUT2D eigenvalue weighted by molar-refractivity contribution is -0.378. The Morgan fingerprint density at radius 2 is 1.37 bits per heavy atom. The van der Waals surface area contributed by atoms with Crippen LogP contribution in [-0.4, -0.2) is 129 Å². The molecule has 13 heteroatoms. The Hall–Kier alpha value is -1.49. The first-order valence-corrected chi connectivity index (χ1v) is 21.4. The van der Waals surface area contributed by atoms with E-state index >= 15 is 0 Å². The third-order valence-electron chi connectivity index (χ3n) is 16.4. The summed E-state index contributed by atoms with van der Waals surface area (Å²) >= 11 is 0. The fourth-order valence-electron chi connectivity index (χ4n) is 13.1. The molecule has 0 aromatic rings. The molecule has 57 heavy (non-hydrogen) atoms. The molecule has 2 saturated heterocycles. The van der Waals surface area contributed by atoms with E-state index < -0.39 is 98.2 Å². The summed E-state index contributed by atoms with van der Waals surface area (Å²) in [5.41, 5.74) is 2.21. The number of carbonyl (C=O) groups excluding carboxylic acids is 1. The molecule has 4 unspecified atom stereocenters. The number of ether oxygens (including phenoxy) is 5. The lowest BCUT2D eigenvalue weighted by Crippen LogP contribution is -2.67. The van der Waals surface area contributed by atoms with Crippen LogP contribution in [0, 0.1) is 45.3 Å². The number of carbonyl (C=O) groups is 1. The normalized spacial score (nSPS) is 49.6. The molecule has 2 aliphatic heterocycles. The first-order chi connectivity index (χ1) is 26.6. The van der Waals surface area contributed by atoms with Crippen LogP contribution < -0.4 is 0 Å². The maximum absolute atomic E-state index is 12.2. The van der Waals surface area contributed by atoms with Gasteiger partial charge in [-0.3, -0.25) is 4.79 Å². The van der Waals surface area contributed by atoms with E-state index in [9.17, 15) is 40.5 Å². The summed E-state index contributed by atoms with van der Waals surface area (Å²) in [6.45, 7) is 18.5. The zero-order chi connectivity index (χ0) is 42.0. The van der Waals surface area contributed by atoms with Gasteiger partial charge in [0.15, 0.2) is 12.6 Å². The van der Waals surface area contributed by atoms with Gasteiger partial charge in [-0.1, -0.05) is 57.9 Å². The zero-order valence-electron chi connectivity index (χ0n) is 35.5. The smallest absolute Gasteiger partial charge is 0.302 e. The van der Waals surface area contributed by atoms with E-state index in [1.807, 2.05) is 0 Å². The largest absolute Gasteiger partial charge is 0.463 e. The fraction of sp³-hybridized carbons (Fsp3) is 0.886. The Morgan fingerprint density at radius 1 is 0.719 bits per heavy atom. The second-order valence-corrected chi connectivity index (χ2v) is 20.0. The van der Waals surface area contributed by atoms with Crippen LogP contribution in [0.1, 0.15) is 114 Å². The minimum atomic E-state index is -1.78. The molecule has 19 atom stereocenters. The van der Waals surface area contributed by atoms with Crippen molar-refractivity contribution in [2.75, 3.05) is 13.2 Å². The first-order valence-electron chi connectivity index (χ1n) is 21.4. The molecule has 0 spiro atoms. The van der Waals surface area contributed by atoms with Crippen LogP contribution in [-0.2, 0) is 28.5 Å². The number of esters is 1. The quantitative estimate of drug-likeness (QED) is 0.0961. The van der Waals surface area contributed by atoms with Crippen molar-refractivity contribution in [2.24, 2.45) is 45.3 Å². The van der Waals surface area contributed by atoms with Crippen LogP contribution >= 0.6 is 0 Å². The predicted octanol–water partition coefficient (Wildman–Crippen LogP) is 3.53. The zero-order valence-corrected chi connectivity index (χ0v) is 35.5. The van der Waals surface area contributed by atoms with Crippen LogP contribution in [0.2, 0.25) is 0 Å². The van der Waals surface area contributed by atoms with Gasteiger partial charge in [0.25, 0.3) is 0 Å². The Morgan fingerprint density at radius 3 is 2.02 bits per heavy atom. The van der Waals surface area contributed by atoms with E-state index in [2.05, 4.69) is 67.5 Å². The second-order valence-electron chi connectivity index (χ2n) is 20.0. The summed E-state index contributed by atoms with van der Waals surface area (Å²) in [4.78, 5) is 11.5. The molecule has 13 nitrogen and oxygen atoms in total. The summed E-state index contributed by atoms with van der Waals surface area (Å²) in [5, 5.41) is 76.6. The second kappa shape index (κ2) is 16.8. The highest BCUT2D eigenvalue weighted by atomic mass is 16.8. The first kappa shape index (κ1) is 45.0. The molecule has 0 aromatic carbocycles. The molecule has 6 fully saturated rings. The Balaban J connectivity index is 1.22. The number of rotatable bonds is 10. The molecule has 0 amide bonds. The predicted molar refractivity (Wildman–Crippen MR) is 209 cm³/mol. The van der Waals surface area contributed by atoms with Crippen molar-refractivity contribution in [1.82, 2.24) is 0 Å². The van der Waals surface area contributed by atoms with Crippen molar-refractivity contribution in [3.63, 3.8) is 0 Å². The maximum atomic E-state index is 12.2. The highest BCUT2D eigenvalue weighted by molar-refractivity contribution is 5.65. The number of aliphatic hydroxyl groups excluding tert-OH is 7. The lowest BCUT2D eigenvalue weighted by atomic mass is 9.35. The van der Waals surface area contributed by atoms with Crippen molar-refractivity contribution < 1.29 is 64.2 Å². The molecule has 6 rings (SSSR count). The SMILES string of the molecule is CC(=O)OC[C@H]1O[C@@H](O[C@H]2[C@H](OC3CC[C@]4(C)C5C[C@@H](O)C6C(/C(C)=C\CC=C(C)C)CC[C@@]6(C)[C@]5(C)CC[C@H]4C3(C)C)O[C@H](CO)[C@@H](O)[C@@H]2O)[C@H](O)[C@@H](O)[C@@H]1O. The molecule has 0 aromatic heterocycles. The van der Waals surface area contributed by atoms with Crippen molar-refractivity contribution in [1.29, 1.82) is 0 Å². The standard InChI is InChI=1S/C44H72O13/c1-22(2)11-10-12-23(3)25-13-17-44(9)32(25)26(47)19-30-42(7)16-15-31(41(5,6)29(42)14-18-43(30,44)8)56-40-38(36(51)33(48)27(20-45)54-40)57-39-37(52)35(50)34(49)28(55-39)21-53-24(4)46/h11-12,25-40,45,47-52H,10,13-21H2,1-9H3/b23-12-/t25?,26-,27-,28-,29+,30?,31?,32?,33-,34-,35+,36+,37-,38-,39+,40+,42+,43-,44-/m1/s1. The molecule has 4 aliphatic carbocycles. The minimum absolute atomic E-state index is 0.0135. The lowest BCUT2D eigenvalue weighted by Gasteiger charge is -2.70. The van der Waals surface area contributed by atoms with E-state index in [1.54, 1.807) is 0 Å². The number of hydrogen-bond donors (Lipinski definition) is 7. The summed E-state index contributed by atoms with van der Waals surface area (Å²) in [6.07, 6.45) is -4.05. The Bertz CT molecular complexity index is 1500. The van der Waals surface area contributed by atoms with E-state index in [0.717, 1.165) is 44.9 Å². The van der Waals surface area contributed by atoms with E-state index in [4.69, 9.17) is 23.7 Å². The molecule has 0 bridgehead atoms. The van der Waals surface area contributed by atoms with Gasteiger partial charge in [0.05, 0.1) is 18.8 Å². The summed E-state index contributed by atoms with van der Waals surface area (Å²) < 4.78 is 29.7. The molecular weight excluding hydrogens is 736 g/mol. The van der Waals surface area contributed by atoms with E-state index in [0.29, 0.717) is 18.3 Å².